The van der Waals surface area contributed by atoms with Crippen LogP contribution in [0.1, 0.15) is 6.42 Å². The molecule has 0 spiro atoms. The minimum absolute atomic E-state index is 0.251. The standard InChI is InChI=1S/C12H14N4O/c13-8-1-2-10-11(5-8)14-6-12(15-10)16-4-3-9(17)7-16/h1-2,5-6,9,17H,3-4,7,13H2/t9-/m1/s1. The van der Waals surface area contributed by atoms with E-state index < -0.39 is 0 Å². The number of nitrogen functional groups attached to an aromatic ring is 1. The smallest absolute Gasteiger partial charge is 0.147 e. The van der Waals surface area contributed by atoms with Gasteiger partial charge in [-0.15, -0.1) is 0 Å². The van der Waals surface area contributed by atoms with E-state index in [0.29, 0.717) is 12.2 Å². The van der Waals surface area contributed by atoms with E-state index in [1.807, 2.05) is 23.1 Å². The van der Waals surface area contributed by atoms with Gasteiger partial charge in [0.2, 0.25) is 0 Å². The highest BCUT2D eigenvalue weighted by Gasteiger charge is 2.21. The van der Waals surface area contributed by atoms with Crippen molar-refractivity contribution in [3.05, 3.63) is 24.4 Å². The second-order valence-electron chi connectivity index (χ2n) is 4.36. The van der Waals surface area contributed by atoms with E-state index in [4.69, 9.17) is 5.73 Å². The third kappa shape index (κ3) is 1.89. The number of hydrogen-bond donors (Lipinski definition) is 2. The van der Waals surface area contributed by atoms with Crippen LogP contribution in [0.25, 0.3) is 11.0 Å². The molecule has 88 valence electrons. The SMILES string of the molecule is Nc1ccc2nc(N3CC[C@@H](O)C3)cnc2c1. The monoisotopic (exact) mass is 230 g/mol. The maximum atomic E-state index is 9.50. The number of nitrogens with two attached hydrogens (primary N) is 1. The van der Waals surface area contributed by atoms with Gasteiger partial charge >= 0.3 is 0 Å². The maximum absolute atomic E-state index is 9.50. The molecule has 5 nitrogen and oxygen atoms in total. The molecule has 0 amide bonds. The Labute approximate surface area is 98.9 Å². The number of aliphatic hydroxyl groups excluding tert-OH is 1. The van der Waals surface area contributed by atoms with Crippen LogP contribution < -0.4 is 10.6 Å². The summed E-state index contributed by atoms with van der Waals surface area (Å²) in [5.41, 5.74) is 8.01. The molecule has 17 heavy (non-hydrogen) atoms. The molecule has 2 heterocycles. The Morgan fingerprint density at radius 2 is 2.24 bits per heavy atom. The van der Waals surface area contributed by atoms with Crippen LogP contribution in [0.2, 0.25) is 0 Å². The largest absolute Gasteiger partial charge is 0.399 e. The molecule has 1 saturated heterocycles. The van der Waals surface area contributed by atoms with Crippen LogP contribution in [0, 0.1) is 0 Å². The van der Waals surface area contributed by atoms with Crippen LogP contribution >= 0.6 is 0 Å². The third-order valence-corrected chi connectivity index (χ3v) is 3.04. The summed E-state index contributed by atoms with van der Waals surface area (Å²) in [6, 6.07) is 5.50. The summed E-state index contributed by atoms with van der Waals surface area (Å²) in [5.74, 6) is 0.818. The van der Waals surface area contributed by atoms with Gasteiger partial charge in [-0.1, -0.05) is 0 Å². The van der Waals surface area contributed by atoms with Crippen molar-refractivity contribution in [3.63, 3.8) is 0 Å². The van der Waals surface area contributed by atoms with Gasteiger partial charge in [-0.2, -0.15) is 0 Å². The molecular formula is C12H14N4O. The molecular weight excluding hydrogens is 216 g/mol. The molecule has 1 aromatic carbocycles. The van der Waals surface area contributed by atoms with E-state index in [0.717, 1.165) is 29.8 Å². The summed E-state index contributed by atoms with van der Waals surface area (Å²) >= 11 is 0. The zero-order valence-electron chi connectivity index (χ0n) is 9.37. The van der Waals surface area contributed by atoms with E-state index in [1.54, 1.807) is 6.20 Å². The van der Waals surface area contributed by atoms with Crippen LogP contribution in [0.5, 0.6) is 0 Å². The van der Waals surface area contributed by atoms with E-state index in [9.17, 15) is 5.11 Å². The first-order valence-electron chi connectivity index (χ1n) is 5.68. The van der Waals surface area contributed by atoms with E-state index in [2.05, 4.69) is 9.97 Å². The second-order valence-corrected chi connectivity index (χ2v) is 4.36. The molecule has 3 N–H and O–H groups in total. The van der Waals surface area contributed by atoms with E-state index >= 15 is 0 Å². The Morgan fingerprint density at radius 3 is 3.00 bits per heavy atom. The normalized spacial score (nSPS) is 20.1. The van der Waals surface area contributed by atoms with Crippen molar-refractivity contribution < 1.29 is 5.11 Å². The second kappa shape index (κ2) is 3.85. The van der Waals surface area contributed by atoms with Gasteiger partial charge < -0.3 is 15.7 Å². The molecule has 1 aliphatic heterocycles. The lowest BCUT2D eigenvalue weighted by atomic mass is 10.2. The number of anilines is 2. The van der Waals surface area contributed by atoms with Crippen LogP contribution in [-0.4, -0.2) is 34.3 Å². The first-order valence-corrected chi connectivity index (χ1v) is 5.68. The fourth-order valence-electron chi connectivity index (χ4n) is 2.12. The number of aromatic nitrogens is 2. The van der Waals surface area contributed by atoms with Crippen LogP contribution in [0.4, 0.5) is 11.5 Å². The third-order valence-electron chi connectivity index (χ3n) is 3.04. The fourth-order valence-corrected chi connectivity index (χ4v) is 2.12. The number of β-amino-alcohol motifs (C(OH)–C–C–N with tert-alkyl or cyclic N) is 1. The highest BCUT2D eigenvalue weighted by Crippen LogP contribution is 2.21. The predicted molar refractivity (Wildman–Crippen MR) is 66.8 cm³/mol. The molecule has 0 bridgehead atoms. The summed E-state index contributed by atoms with van der Waals surface area (Å²) in [4.78, 5) is 10.9. The first-order chi connectivity index (χ1) is 8.22. The summed E-state index contributed by atoms with van der Waals surface area (Å²) in [6.07, 6.45) is 2.28. The molecule has 5 heteroatoms. The average Bonchev–Trinajstić information content (AvgIpc) is 2.75. The van der Waals surface area contributed by atoms with Crippen LogP contribution in [0.3, 0.4) is 0 Å². The quantitative estimate of drug-likeness (QED) is 0.708. The summed E-state index contributed by atoms with van der Waals surface area (Å²) in [6.45, 7) is 1.46. The fraction of sp³-hybridized carbons (Fsp3) is 0.333. The highest BCUT2D eigenvalue weighted by molar-refractivity contribution is 5.79. The van der Waals surface area contributed by atoms with Crippen molar-refractivity contribution in [2.75, 3.05) is 23.7 Å². The maximum Gasteiger partial charge on any atom is 0.147 e. The van der Waals surface area contributed by atoms with Crippen molar-refractivity contribution in [1.29, 1.82) is 0 Å². The van der Waals surface area contributed by atoms with Crippen LogP contribution in [0.15, 0.2) is 24.4 Å². The zero-order chi connectivity index (χ0) is 11.8. The molecule has 1 fully saturated rings. The lowest BCUT2D eigenvalue weighted by Gasteiger charge is -2.16. The minimum atomic E-state index is -0.251. The average molecular weight is 230 g/mol. The topological polar surface area (TPSA) is 75.3 Å². The van der Waals surface area contributed by atoms with Gasteiger partial charge in [0.25, 0.3) is 0 Å². The van der Waals surface area contributed by atoms with Crippen molar-refractivity contribution in [2.45, 2.75) is 12.5 Å². The Hall–Kier alpha value is -1.88. The van der Waals surface area contributed by atoms with Crippen molar-refractivity contribution in [2.24, 2.45) is 0 Å². The molecule has 3 rings (SSSR count). The Balaban J connectivity index is 1.99. The number of rotatable bonds is 1. The summed E-state index contributed by atoms with van der Waals surface area (Å²) < 4.78 is 0. The predicted octanol–water partition coefficient (Wildman–Crippen LogP) is 0.783. The van der Waals surface area contributed by atoms with Gasteiger partial charge in [-0.25, -0.2) is 4.98 Å². The highest BCUT2D eigenvalue weighted by atomic mass is 16.3. The van der Waals surface area contributed by atoms with E-state index in [-0.39, 0.29) is 6.10 Å². The molecule has 0 saturated carbocycles. The van der Waals surface area contributed by atoms with Crippen molar-refractivity contribution in [1.82, 2.24) is 9.97 Å². The molecule has 1 aliphatic rings. The number of fused-ring (bicyclic) bond motifs is 1. The van der Waals surface area contributed by atoms with Gasteiger partial charge in [0.1, 0.15) is 5.82 Å². The van der Waals surface area contributed by atoms with Crippen molar-refractivity contribution >= 4 is 22.5 Å². The molecule has 0 aliphatic carbocycles. The molecule has 1 aromatic heterocycles. The lowest BCUT2D eigenvalue weighted by molar-refractivity contribution is 0.198. The van der Waals surface area contributed by atoms with Crippen LogP contribution in [-0.2, 0) is 0 Å². The molecule has 0 radical (unpaired) electrons. The van der Waals surface area contributed by atoms with Gasteiger partial charge in [0, 0.05) is 18.8 Å². The van der Waals surface area contributed by atoms with Gasteiger partial charge in [-0.05, 0) is 24.6 Å². The van der Waals surface area contributed by atoms with Gasteiger partial charge in [-0.3, -0.25) is 4.98 Å². The Morgan fingerprint density at radius 1 is 1.35 bits per heavy atom. The number of nitrogens with zero attached hydrogens (tertiary/aromatic N) is 3. The zero-order valence-corrected chi connectivity index (χ0v) is 9.37. The number of benzene rings is 1. The summed E-state index contributed by atoms with van der Waals surface area (Å²) in [5, 5.41) is 9.50. The Bertz CT molecular complexity index is 557. The number of hydrogen-bond acceptors (Lipinski definition) is 5. The minimum Gasteiger partial charge on any atom is -0.399 e. The molecule has 0 unspecified atom stereocenters. The summed E-state index contributed by atoms with van der Waals surface area (Å²) in [7, 11) is 0. The first kappa shape index (κ1) is 10.3. The molecule has 2 aromatic rings. The van der Waals surface area contributed by atoms with Crippen molar-refractivity contribution in [3.8, 4) is 0 Å². The van der Waals surface area contributed by atoms with E-state index in [1.165, 1.54) is 0 Å². The number of aliphatic hydroxyl groups is 1. The van der Waals surface area contributed by atoms with Gasteiger partial charge in [0.05, 0.1) is 23.3 Å². The van der Waals surface area contributed by atoms with Gasteiger partial charge in [0.15, 0.2) is 0 Å². The molecule has 1 atom stereocenters. The lowest BCUT2D eigenvalue weighted by Crippen LogP contribution is -2.22. The Kier molecular flexibility index (Phi) is 2.33.